The quantitative estimate of drug-likeness (QED) is 0.662. The fourth-order valence-electron chi connectivity index (χ4n) is 0.680. The molecule has 0 spiro atoms. The summed E-state index contributed by atoms with van der Waals surface area (Å²) in [4.78, 5) is 0. The third-order valence-electron chi connectivity index (χ3n) is 1.48. The van der Waals surface area contributed by atoms with Crippen LogP contribution in [0.1, 0.15) is 20.8 Å². The van der Waals surface area contributed by atoms with Gasteiger partial charge in [-0.05, 0) is 20.8 Å². The number of ether oxygens (including phenoxy) is 2. The topological polar surface area (TPSA) is 68.3 Å². The molecule has 0 aromatic rings. The summed E-state index contributed by atoms with van der Waals surface area (Å²) in [6.45, 7) is 6.90. The van der Waals surface area contributed by atoms with Gasteiger partial charge in [0, 0.05) is 6.61 Å². The molecule has 2 atom stereocenters. The van der Waals surface area contributed by atoms with E-state index in [2.05, 4.69) is 0 Å². The largest absolute Gasteiger partial charge is 0.379 e. The van der Waals surface area contributed by atoms with Crippen LogP contribution in [0.2, 0.25) is 0 Å². The molecule has 0 radical (unpaired) electrons. The number of nitrogens with zero attached hydrogens (tertiary/aromatic N) is 1. The van der Waals surface area contributed by atoms with Crippen molar-refractivity contribution in [2.45, 2.75) is 32.4 Å². The minimum atomic E-state index is -0.902. The molecule has 0 saturated carbocycles. The lowest BCUT2D eigenvalue weighted by Crippen LogP contribution is -2.41. The van der Waals surface area contributed by atoms with Crippen LogP contribution in [0.4, 0.5) is 0 Å². The van der Waals surface area contributed by atoms with Gasteiger partial charge in [0.15, 0.2) is 0 Å². The van der Waals surface area contributed by atoms with Gasteiger partial charge < -0.3 is 15.2 Å². The van der Waals surface area contributed by atoms with Crippen LogP contribution in [-0.2, 0) is 9.47 Å². The smallest absolute Gasteiger partial charge is 0.125 e. The summed E-state index contributed by atoms with van der Waals surface area (Å²) in [5, 5.41) is 8.60. The van der Waals surface area contributed by atoms with Gasteiger partial charge in [-0.3, -0.25) is 0 Å². The zero-order valence-corrected chi connectivity index (χ0v) is 8.54. The van der Waals surface area contributed by atoms with Crippen LogP contribution in [0.15, 0.2) is 0 Å². The number of nitrogens with two attached hydrogens (primary N) is 1. The van der Waals surface area contributed by atoms with E-state index in [1.807, 2.05) is 19.9 Å². The van der Waals surface area contributed by atoms with Crippen molar-refractivity contribution in [2.24, 2.45) is 5.73 Å². The van der Waals surface area contributed by atoms with Gasteiger partial charge in [0.25, 0.3) is 0 Å². The Labute approximate surface area is 79.6 Å². The van der Waals surface area contributed by atoms with Gasteiger partial charge in [-0.15, -0.1) is 0 Å². The fourth-order valence-corrected chi connectivity index (χ4v) is 0.680. The second-order valence-corrected chi connectivity index (χ2v) is 3.31. The van der Waals surface area contributed by atoms with E-state index in [0.717, 1.165) is 0 Å². The van der Waals surface area contributed by atoms with E-state index in [1.165, 1.54) is 0 Å². The minimum Gasteiger partial charge on any atom is -0.379 e. The first-order valence-corrected chi connectivity index (χ1v) is 4.41. The van der Waals surface area contributed by atoms with Crippen LogP contribution in [-0.4, -0.2) is 31.5 Å². The van der Waals surface area contributed by atoms with Gasteiger partial charge in [-0.2, -0.15) is 5.26 Å². The standard InChI is InChI=1S/C9H18N2O2/c1-4-12-5-8(2)13-7-9(3,11)6-10/h8H,4-5,7,11H2,1-3H3. The molecule has 0 aromatic heterocycles. The number of hydrogen-bond donors (Lipinski definition) is 1. The molecule has 2 N–H and O–H groups in total. The molecule has 0 amide bonds. The zero-order chi connectivity index (χ0) is 10.3. The Morgan fingerprint density at radius 1 is 1.62 bits per heavy atom. The Hall–Kier alpha value is -0.630. The highest BCUT2D eigenvalue weighted by Gasteiger charge is 2.18. The van der Waals surface area contributed by atoms with Crippen LogP contribution in [0.3, 0.4) is 0 Å². The number of rotatable bonds is 6. The molecule has 0 aliphatic heterocycles. The maximum Gasteiger partial charge on any atom is 0.125 e. The average molecular weight is 186 g/mol. The van der Waals surface area contributed by atoms with Gasteiger partial charge in [-0.1, -0.05) is 0 Å². The van der Waals surface area contributed by atoms with Crippen LogP contribution < -0.4 is 5.73 Å². The summed E-state index contributed by atoms with van der Waals surface area (Å²) in [6.07, 6.45) is -0.0174. The highest BCUT2D eigenvalue weighted by Crippen LogP contribution is 2.01. The maximum atomic E-state index is 8.60. The Morgan fingerprint density at radius 3 is 2.69 bits per heavy atom. The highest BCUT2D eigenvalue weighted by molar-refractivity contribution is 5.00. The normalized spacial score (nSPS) is 17.5. The van der Waals surface area contributed by atoms with E-state index < -0.39 is 5.54 Å². The van der Waals surface area contributed by atoms with Crippen LogP contribution in [0, 0.1) is 11.3 Å². The average Bonchev–Trinajstić information content (AvgIpc) is 2.11. The summed E-state index contributed by atoms with van der Waals surface area (Å²) < 4.78 is 10.5. The molecule has 0 aromatic carbocycles. The second kappa shape index (κ2) is 5.92. The van der Waals surface area contributed by atoms with E-state index in [0.29, 0.717) is 13.2 Å². The minimum absolute atomic E-state index is 0.0174. The maximum absolute atomic E-state index is 8.60. The first-order chi connectivity index (χ1) is 6.02. The molecule has 0 fully saturated rings. The molecule has 4 heteroatoms. The Bertz CT molecular complexity index is 175. The second-order valence-electron chi connectivity index (χ2n) is 3.31. The van der Waals surface area contributed by atoms with E-state index in [1.54, 1.807) is 6.92 Å². The van der Waals surface area contributed by atoms with E-state index in [4.69, 9.17) is 20.5 Å². The van der Waals surface area contributed by atoms with Crippen molar-refractivity contribution >= 4 is 0 Å². The van der Waals surface area contributed by atoms with Crippen LogP contribution in [0.5, 0.6) is 0 Å². The van der Waals surface area contributed by atoms with Crippen molar-refractivity contribution in [1.82, 2.24) is 0 Å². The lowest BCUT2D eigenvalue weighted by atomic mass is 10.1. The number of hydrogen-bond acceptors (Lipinski definition) is 4. The van der Waals surface area contributed by atoms with Crippen molar-refractivity contribution in [3.8, 4) is 6.07 Å². The molecule has 13 heavy (non-hydrogen) atoms. The van der Waals surface area contributed by atoms with Crippen LogP contribution >= 0.6 is 0 Å². The summed E-state index contributed by atoms with van der Waals surface area (Å²) >= 11 is 0. The summed E-state index contributed by atoms with van der Waals surface area (Å²) in [5.41, 5.74) is 4.66. The van der Waals surface area contributed by atoms with Gasteiger partial charge in [0.2, 0.25) is 0 Å². The number of nitriles is 1. The molecular formula is C9H18N2O2. The molecule has 76 valence electrons. The lowest BCUT2D eigenvalue weighted by molar-refractivity contribution is -0.0134. The van der Waals surface area contributed by atoms with Gasteiger partial charge in [0.05, 0.1) is 25.4 Å². The molecular weight excluding hydrogens is 168 g/mol. The highest BCUT2D eigenvalue weighted by atomic mass is 16.5. The molecule has 0 aliphatic carbocycles. The van der Waals surface area contributed by atoms with E-state index in [9.17, 15) is 0 Å². The van der Waals surface area contributed by atoms with E-state index >= 15 is 0 Å². The van der Waals surface area contributed by atoms with Crippen molar-refractivity contribution in [3.05, 3.63) is 0 Å². The SMILES string of the molecule is CCOCC(C)OCC(C)(N)C#N. The van der Waals surface area contributed by atoms with Crippen molar-refractivity contribution in [2.75, 3.05) is 19.8 Å². The summed E-state index contributed by atoms with van der Waals surface area (Å²) in [5.74, 6) is 0. The molecule has 4 nitrogen and oxygen atoms in total. The van der Waals surface area contributed by atoms with Crippen LogP contribution in [0.25, 0.3) is 0 Å². The Morgan fingerprint density at radius 2 is 2.23 bits per heavy atom. The Kier molecular flexibility index (Phi) is 5.63. The van der Waals surface area contributed by atoms with Gasteiger partial charge in [0.1, 0.15) is 5.54 Å². The molecule has 0 saturated heterocycles. The lowest BCUT2D eigenvalue weighted by Gasteiger charge is -2.19. The van der Waals surface area contributed by atoms with Crippen molar-refractivity contribution < 1.29 is 9.47 Å². The molecule has 2 unspecified atom stereocenters. The molecule has 0 bridgehead atoms. The van der Waals surface area contributed by atoms with Gasteiger partial charge >= 0.3 is 0 Å². The predicted molar refractivity (Wildman–Crippen MR) is 50.1 cm³/mol. The molecule has 0 rings (SSSR count). The Balaban J connectivity index is 3.58. The first kappa shape index (κ1) is 12.4. The zero-order valence-electron chi connectivity index (χ0n) is 8.54. The third-order valence-corrected chi connectivity index (χ3v) is 1.48. The first-order valence-electron chi connectivity index (χ1n) is 4.41. The fraction of sp³-hybridized carbons (Fsp3) is 0.889. The van der Waals surface area contributed by atoms with Crippen molar-refractivity contribution in [3.63, 3.8) is 0 Å². The predicted octanol–water partition coefficient (Wildman–Crippen LogP) is 0.669. The molecule has 0 aliphatic rings. The van der Waals surface area contributed by atoms with Crippen molar-refractivity contribution in [1.29, 1.82) is 5.26 Å². The van der Waals surface area contributed by atoms with Gasteiger partial charge in [-0.25, -0.2) is 0 Å². The van der Waals surface area contributed by atoms with E-state index in [-0.39, 0.29) is 12.7 Å². The summed E-state index contributed by atoms with van der Waals surface area (Å²) in [7, 11) is 0. The monoisotopic (exact) mass is 186 g/mol. The summed E-state index contributed by atoms with van der Waals surface area (Å²) in [6, 6.07) is 1.96. The molecule has 0 heterocycles. The third kappa shape index (κ3) is 6.52.